The number of benzene rings is 2. The van der Waals surface area contributed by atoms with Crippen molar-refractivity contribution in [1.29, 1.82) is 0 Å². The minimum Gasteiger partial charge on any atom is -0.495 e. The van der Waals surface area contributed by atoms with Gasteiger partial charge in [0.1, 0.15) is 5.75 Å². The first kappa shape index (κ1) is 23.6. The lowest BCUT2D eigenvalue weighted by molar-refractivity contribution is -0.149. The van der Waals surface area contributed by atoms with Crippen LogP contribution in [0.15, 0.2) is 47.4 Å². The summed E-state index contributed by atoms with van der Waals surface area (Å²) >= 11 is 0. The number of aryl methyl sites for hydroxylation is 1. The summed E-state index contributed by atoms with van der Waals surface area (Å²) in [6, 6.07) is 11.3. The quantitative estimate of drug-likeness (QED) is 0.637. The number of methoxy groups -OCH3 is 1. The topological polar surface area (TPSA) is 102 Å². The second-order valence-corrected chi connectivity index (χ2v) is 9.26. The highest BCUT2D eigenvalue weighted by Gasteiger charge is 2.29. The first-order valence-corrected chi connectivity index (χ1v) is 12.0. The van der Waals surface area contributed by atoms with E-state index in [1.165, 1.54) is 13.2 Å². The molecule has 1 saturated heterocycles. The monoisotopic (exact) mass is 460 g/mol. The Hall–Kier alpha value is -3.07. The Morgan fingerprint density at radius 2 is 1.81 bits per heavy atom. The molecule has 1 fully saturated rings. The Balaban J connectivity index is 1.78. The maximum atomic E-state index is 13.1. The first-order valence-electron chi connectivity index (χ1n) is 10.5. The van der Waals surface area contributed by atoms with E-state index in [2.05, 4.69) is 4.72 Å². The van der Waals surface area contributed by atoms with Gasteiger partial charge >= 0.3 is 5.97 Å². The average molecular weight is 461 g/mol. The number of hydrogen-bond acceptors (Lipinski definition) is 6. The Morgan fingerprint density at radius 3 is 2.47 bits per heavy atom. The number of carbonyl (C=O) groups excluding carboxylic acids is 2. The van der Waals surface area contributed by atoms with Crippen LogP contribution < -0.4 is 9.46 Å². The summed E-state index contributed by atoms with van der Waals surface area (Å²) in [6.07, 6.45) is 1.05. The van der Waals surface area contributed by atoms with Crippen LogP contribution in [0.4, 0.5) is 5.69 Å². The molecule has 3 rings (SSSR count). The van der Waals surface area contributed by atoms with Crippen LogP contribution in [0.25, 0.3) is 0 Å². The second kappa shape index (κ2) is 10.0. The summed E-state index contributed by atoms with van der Waals surface area (Å²) in [5.74, 6) is -0.310. The Bertz CT molecular complexity index is 1090. The summed E-state index contributed by atoms with van der Waals surface area (Å²) in [5, 5.41) is 0. The van der Waals surface area contributed by atoms with E-state index < -0.39 is 10.0 Å². The molecule has 1 heterocycles. The number of hydrogen-bond donors (Lipinski definition) is 1. The van der Waals surface area contributed by atoms with Crippen molar-refractivity contribution in [2.75, 3.05) is 31.5 Å². The number of ether oxygens (including phenoxy) is 2. The molecule has 1 aliphatic rings. The molecule has 8 nitrogen and oxygen atoms in total. The fourth-order valence-electron chi connectivity index (χ4n) is 3.71. The average Bonchev–Trinajstić information content (AvgIpc) is 2.79. The van der Waals surface area contributed by atoms with Crippen LogP contribution in [0.1, 0.15) is 35.7 Å². The van der Waals surface area contributed by atoms with Crippen LogP contribution in [0.5, 0.6) is 5.75 Å². The number of anilines is 1. The van der Waals surface area contributed by atoms with E-state index >= 15 is 0 Å². The van der Waals surface area contributed by atoms with Gasteiger partial charge in [-0.15, -0.1) is 0 Å². The first-order chi connectivity index (χ1) is 15.3. The van der Waals surface area contributed by atoms with Crippen LogP contribution in [-0.2, 0) is 19.6 Å². The van der Waals surface area contributed by atoms with Crippen molar-refractivity contribution in [2.45, 2.75) is 31.6 Å². The highest BCUT2D eigenvalue weighted by Crippen LogP contribution is 2.28. The smallest absolute Gasteiger partial charge is 0.309 e. The zero-order valence-corrected chi connectivity index (χ0v) is 19.3. The number of sulfonamides is 1. The lowest BCUT2D eigenvalue weighted by Gasteiger charge is -2.31. The highest BCUT2D eigenvalue weighted by atomic mass is 32.2. The predicted octanol–water partition coefficient (Wildman–Crippen LogP) is 3.22. The molecule has 1 aliphatic heterocycles. The lowest BCUT2D eigenvalue weighted by atomic mass is 9.96. The van der Waals surface area contributed by atoms with E-state index in [1.807, 2.05) is 0 Å². The standard InChI is InChI=1S/C23H28N2O6S/c1-4-31-23(27)17-11-13-25(14-12-17)22(26)18-10-9-16(2)21(15-18)32(28,29)24-19-7-5-6-8-20(19)30-3/h5-10,15,17,24H,4,11-14H2,1-3H3. The Kier molecular flexibility index (Phi) is 7.40. The zero-order chi connectivity index (χ0) is 23.3. The van der Waals surface area contributed by atoms with E-state index in [1.54, 1.807) is 55.1 Å². The number of esters is 1. The molecule has 0 aliphatic carbocycles. The maximum absolute atomic E-state index is 13.1. The molecule has 2 aromatic carbocycles. The Labute approximate surface area is 188 Å². The van der Waals surface area contributed by atoms with E-state index in [4.69, 9.17) is 9.47 Å². The SMILES string of the molecule is CCOC(=O)C1CCN(C(=O)c2ccc(C)c(S(=O)(=O)Nc3ccccc3OC)c2)CC1. The fraction of sp³-hybridized carbons (Fsp3) is 0.391. The van der Waals surface area contributed by atoms with Crippen molar-refractivity contribution >= 4 is 27.6 Å². The molecule has 1 amide bonds. The third kappa shape index (κ3) is 5.21. The normalized spacial score (nSPS) is 14.7. The second-order valence-electron chi connectivity index (χ2n) is 7.60. The number of rotatable bonds is 7. The molecule has 0 bridgehead atoms. The lowest BCUT2D eigenvalue weighted by Crippen LogP contribution is -2.40. The number of nitrogens with one attached hydrogen (secondary N) is 1. The Morgan fingerprint density at radius 1 is 1.12 bits per heavy atom. The van der Waals surface area contributed by atoms with Crippen molar-refractivity contribution in [2.24, 2.45) is 5.92 Å². The minimum absolute atomic E-state index is 0.0238. The molecule has 2 aromatic rings. The van der Waals surface area contributed by atoms with Gasteiger partial charge in [-0.1, -0.05) is 18.2 Å². The number of piperidine rings is 1. The van der Waals surface area contributed by atoms with Crippen molar-refractivity contribution in [1.82, 2.24) is 4.90 Å². The van der Waals surface area contributed by atoms with Gasteiger partial charge in [0.25, 0.3) is 15.9 Å². The van der Waals surface area contributed by atoms with Gasteiger partial charge < -0.3 is 14.4 Å². The molecule has 0 aromatic heterocycles. The van der Waals surface area contributed by atoms with Gasteiger partial charge in [-0.05, 0) is 56.5 Å². The van der Waals surface area contributed by atoms with Crippen LogP contribution >= 0.6 is 0 Å². The number of nitrogens with zero attached hydrogens (tertiary/aromatic N) is 1. The van der Waals surface area contributed by atoms with Gasteiger partial charge in [0.15, 0.2) is 0 Å². The van der Waals surface area contributed by atoms with Gasteiger partial charge in [0.2, 0.25) is 0 Å². The third-order valence-electron chi connectivity index (χ3n) is 5.48. The molecule has 0 spiro atoms. The molecular formula is C23H28N2O6S. The van der Waals surface area contributed by atoms with Crippen LogP contribution in [0, 0.1) is 12.8 Å². The molecule has 0 radical (unpaired) electrons. The number of amides is 1. The van der Waals surface area contributed by atoms with Gasteiger partial charge in [-0.3, -0.25) is 14.3 Å². The van der Waals surface area contributed by atoms with Crippen molar-refractivity contribution in [3.05, 3.63) is 53.6 Å². The molecule has 0 unspecified atom stereocenters. The summed E-state index contributed by atoms with van der Waals surface area (Å²) in [7, 11) is -2.49. The molecule has 0 atom stereocenters. The van der Waals surface area contributed by atoms with E-state index in [9.17, 15) is 18.0 Å². The van der Waals surface area contributed by atoms with Gasteiger partial charge in [-0.2, -0.15) is 0 Å². The number of para-hydroxylation sites is 2. The van der Waals surface area contributed by atoms with Gasteiger partial charge in [-0.25, -0.2) is 8.42 Å². The molecule has 1 N–H and O–H groups in total. The molecule has 0 saturated carbocycles. The third-order valence-corrected chi connectivity index (χ3v) is 6.99. The summed E-state index contributed by atoms with van der Waals surface area (Å²) in [6.45, 7) is 4.61. The summed E-state index contributed by atoms with van der Waals surface area (Å²) in [4.78, 5) is 26.6. The van der Waals surface area contributed by atoms with Gasteiger partial charge in [0.05, 0.1) is 30.2 Å². The molecule has 172 valence electrons. The van der Waals surface area contributed by atoms with Crippen molar-refractivity contribution in [3.63, 3.8) is 0 Å². The van der Waals surface area contributed by atoms with Crippen molar-refractivity contribution < 1.29 is 27.5 Å². The van der Waals surface area contributed by atoms with E-state index in [-0.39, 0.29) is 28.3 Å². The molecule has 9 heteroatoms. The highest BCUT2D eigenvalue weighted by molar-refractivity contribution is 7.92. The minimum atomic E-state index is -3.95. The van der Waals surface area contributed by atoms with Crippen LogP contribution in [0.3, 0.4) is 0 Å². The number of carbonyl (C=O) groups is 2. The largest absolute Gasteiger partial charge is 0.495 e. The zero-order valence-electron chi connectivity index (χ0n) is 18.5. The fourth-order valence-corrected chi connectivity index (χ4v) is 5.05. The van der Waals surface area contributed by atoms with Crippen LogP contribution in [-0.4, -0.2) is 52.0 Å². The van der Waals surface area contributed by atoms with Crippen molar-refractivity contribution in [3.8, 4) is 5.75 Å². The van der Waals surface area contributed by atoms with E-state index in [0.717, 1.165) is 0 Å². The maximum Gasteiger partial charge on any atom is 0.309 e. The summed E-state index contributed by atoms with van der Waals surface area (Å²) in [5.41, 5.74) is 1.11. The van der Waals surface area contributed by atoms with Gasteiger partial charge in [0, 0.05) is 18.7 Å². The molecule has 32 heavy (non-hydrogen) atoms. The number of likely N-dealkylation sites (tertiary alicyclic amines) is 1. The predicted molar refractivity (Wildman–Crippen MR) is 120 cm³/mol. The summed E-state index contributed by atoms with van der Waals surface area (Å²) < 4.78 is 39.0. The molecular weight excluding hydrogens is 432 g/mol. The van der Waals surface area contributed by atoms with E-state index in [0.29, 0.717) is 49.5 Å². The van der Waals surface area contributed by atoms with Crippen LogP contribution in [0.2, 0.25) is 0 Å².